The predicted molar refractivity (Wildman–Crippen MR) is 105 cm³/mol. The third kappa shape index (κ3) is 4.43. The number of aliphatic hydroxyl groups is 1. The molecule has 0 aliphatic rings. The summed E-state index contributed by atoms with van der Waals surface area (Å²) in [4.78, 5) is 0. The molecule has 0 bridgehead atoms. The summed E-state index contributed by atoms with van der Waals surface area (Å²) in [6, 6.07) is 25.1. The molecule has 1 N–H and O–H groups in total. The highest BCUT2D eigenvalue weighted by atomic mass is 35.5. The van der Waals surface area contributed by atoms with Crippen molar-refractivity contribution >= 4 is 23.2 Å². The summed E-state index contributed by atoms with van der Waals surface area (Å²) in [7, 11) is 0. The van der Waals surface area contributed by atoms with Gasteiger partial charge in [0, 0.05) is 10.0 Å². The molecule has 0 aliphatic carbocycles. The van der Waals surface area contributed by atoms with E-state index in [0.29, 0.717) is 16.5 Å². The van der Waals surface area contributed by atoms with Gasteiger partial charge in [-0.25, -0.2) is 0 Å². The van der Waals surface area contributed by atoms with Crippen molar-refractivity contribution in [2.24, 2.45) is 0 Å². The van der Waals surface area contributed by atoms with Crippen molar-refractivity contribution in [3.63, 3.8) is 0 Å². The van der Waals surface area contributed by atoms with Gasteiger partial charge in [0.15, 0.2) is 0 Å². The van der Waals surface area contributed by atoms with Crippen LogP contribution in [0, 0.1) is 0 Å². The zero-order chi connectivity index (χ0) is 17.7. The molecule has 3 rings (SSSR count). The van der Waals surface area contributed by atoms with Crippen molar-refractivity contribution in [2.75, 3.05) is 0 Å². The summed E-state index contributed by atoms with van der Waals surface area (Å²) in [5, 5.41) is 12.8. The van der Waals surface area contributed by atoms with E-state index >= 15 is 0 Å². The fourth-order valence-electron chi connectivity index (χ4n) is 3.10. The van der Waals surface area contributed by atoms with Gasteiger partial charge in [-0.15, -0.1) is 0 Å². The quantitative estimate of drug-likeness (QED) is 0.543. The highest BCUT2D eigenvalue weighted by Gasteiger charge is 2.31. The van der Waals surface area contributed by atoms with Gasteiger partial charge >= 0.3 is 0 Å². The van der Waals surface area contributed by atoms with Crippen molar-refractivity contribution in [1.29, 1.82) is 0 Å². The summed E-state index contributed by atoms with van der Waals surface area (Å²) in [5.74, 6) is 0. The molecule has 0 radical (unpaired) electrons. The first kappa shape index (κ1) is 18.0. The van der Waals surface area contributed by atoms with Crippen LogP contribution in [0.1, 0.15) is 29.5 Å². The van der Waals surface area contributed by atoms with Crippen LogP contribution in [0.3, 0.4) is 0 Å². The molecular weight excluding hydrogens is 351 g/mol. The molecule has 25 heavy (non-hydrogen) atoms. The summed E-state index contributed by atoms with van der Waals surface area (Å²) >= 11 is 12.0. The van der Waals surface area contributed by atoms with Crippen LogP contribution in [-0.2, 0) is 12.0 Å². The molecule has 0 aliphatic heterocycles. The lowest BCUT2D eigenvalue weighted by Gasteiger charge is -2.30. The molecule has 0 saturated heterocycles. The molecule has 0 saturated carbocycles. The Hall–Kier alpha value is -1.80. The van der Waals surface area contributed by atoms with E-state index in [1.54, 1.807) is 0 Å². The van der Waals surface area contributed by atoms with E-state index in [0.717, 1.165) is 24.0 Å². The standard InChI is InChI=1S/C22H20Cl2O/c23-20-12-8-18(9-13-20)22(25,19-10-14-21(24)15-11-19)16-4-7-17-5-2-1-3-6-17/h1-3,5-6,8-15,25H,4,7,16H2. The Labute approximate surface area is 158 Å². The number of halogens is 2. The molecular formula is C22H20Cl2O. The second kappa shape index (κ2) is 8.05. The largest absolute Gasteiger partial charge is 0.380 e. The molecule has 0 fully saturated rings. The third-order valence-corrected chi connectivity index (χ3v) is 4.99. The lowest BCUT2D eigenvalue weighted by Crippen LogP contribution is -2.27. The average Bonchev–Trinajstić information content (AvgIpc) is 2.63. The fraction of sp³-hybridized carbons (Fsp3) is 0.182. The Morgan fingerprint density at radius 3 is 1.64 bits per heavy atom. The number of rotatable bonds is 6. The lowest BCUT2D eigenvalue weighted by atomic mass is 9.82. The molecule has 0 heterocycles. The van der Waals surface area contributed by atoms with E-state index in [9.17, 15) is 5.11 Å². The van der Waals surface area contributed by atoms with Gasteiger partial charge in [0.1, 0.15) is 5.60 Å². The molecule has 1 nitrogen and oxygen atoms in total. The normalized spacial score (nSPS) is 11.5. The van der Waals surface area contributed by atoms with E-state index in [1.807, 2.05) is 66.7 Å². The lowest BCUT2D eigenvalue weighted by molar-refractivity contribution is 0.0688. The number of hydrogen-bond acceptors (Lipinski definition) is 1. The van der Waals surface area contributed by atoms with Gasteiger partial charge in [0.2, 0.25) is 0 Å². The van der Waals surface area contributed by atoms with Crippen molar-refractivity contribution < 1.29 is 5.11 Å². The molecule has 0 spiro atoms. The van der Waals surface area contributed by atoms with Gasteiger partial charge in [0.05, 0.1) is 0 Å². The van der Waals surface area contributed by atoms with Crippen LogP contribution >= 0.6 is 23.2 Å². The van der Waals surface area contributed by atoms with E-state index in [4.69, 9.17) is 23.2 Å². The number of aryl methyl sites for hydroxylation is 1. The molecule has 0 atom stereocenters. The highest BCUT2D eigenvalue weighted by molar-refractivity contribution is 6.30. The summed E-state index contributed by atoms with van der Waals surface area (Å²) in [6.45, 7) is 0. The minimum Gasteiger partial charge on any atom is -0.380 e. The van der Waals surface area contributed by atoms with Gasteiger partial charge in [-0.1, -0.05) is 77.8 Å². The second-order valence-corrected chi connectivity index (χ2v) is 7.09. The van der Waals surface area contributed by atoms with Crippen LogP contribution in [0.5, 0.6) is 0 Å². The summed E-state index contributed by atoms with van der Waals surface area (Å²) < 4.78 is 0. The monoisotopic (exact) mass is 370 g/mol. The first-order valence-electron chi connectivity index (χ1n) is 8.36. The maximum atomic E-state index is 11.5. The smallest absolute Gasteiger partial charge is 0.115 e. The minimum absolute atomic E-state index is 0.616. The first-order chi connectivity index (χ1) is 12.1. The summed E-state index contributed by atoms with van der Waals surface area (Å²) in [6.07, 6.45) is 2.40. The van der Waals surface area contributed by atoms with Crippen molar-refractivity contribution in [3.8, 4) is 0 Å². The first-order valence-corrected chi connectivity index (χ1v) is 9.12. The van der Waals surface area contributed by atoms with E-state index in [-0.39, 0.29) is 0 Å². The van der Waals surface area contributed by atoms with Crippen molar-refractivity contribution in [2.45, 2.75) is 24.9 Å². The minimum atomic E-state index is -1.07. The molecule has 128 valence electrons. The molecule has 3 heteroatoms. The van der Waals surface area contributed by atoms with Gasteiger partial charge in [0.25, 0.3) is 0 Å². The predicted octanol–water partition coefficient (Wildman–Crippen LogP) is 6.25. The van der Waals surface area contributed by atoms with Crippen LogP contribution in [0.2, 0.25) is 10.0 Å². The van der Waals surface area contributed by atoms with Crippen LogP contribution in [0.25, 0.3) is 0 Å². The molecule has 0 aromatic heterocycles. The molecule has 0 unspecified atom stereocenters. The maximum absolute atomic E-state index is 11.5. The maximum Gasteiger partial charge on any atom is 0.115 e. The zero-order valence-electron chi connectivity index (χ0n) is 13.8. The highest BCUT2D eigenvalue weighted by Crippen LogP contribution is 2.35. The fourth-order valence-corrected chi connectivity index (χ4v) is 3.35. The van der Waals surface area contributed by atoms with Crippen LogP contribution < -0.4 is 0 Å². The summed E-state index contributed by atoms with van der Waals surface area (Å²) in [5.41, 5.74) is 1.89. The van der Waals surface area contributed by atoms with Crippen molar-refractivity contribution in [3.05, 3.63) is 106 Å². The molecule has 0 amide bonds. The number of benzene rings is 3. The Morgan fingerprint density at radius 2 is 1.16 bits per heavy atom. The van der Waals surface area contributed by atoms with E-state index < -0.39 is 5.60 Å². The average molecular weight is 371 g/mol. The second-order valence-electron chi connectivity index (χ2n) is 6.21. The van der Waals surface area contributed by atoms with Crippen LogP contribution in [-0.4, -0.2) is 5.11 Å². The zero-order valence-corrected chi connectivity index (χ0v) is 15.3. The third-order valence-electron chi connectivity index (χ3n) is 4.49. The van der Waals surface area contributed by atoms with Gasteiger partial charge in [-0.05, 0) is 60.2 Å². The van der Waals surface area contributed by atoms with Crippen molar-refractivity contribution in [1.82, 2.24) is 0 Å². The topological polar surface area (TPSA) is 20.2 Å². The Kier molecular flexibility index (Phi) is 5.80. The van der Waals surface area contributed by atoms with Gasteiger partial charge < -0.3 is 5.11 Å². The Bertz CT molecular complexity index is 750. The molecule has 3 aromatic rings. The van der Waals surface area contributed by atoms with E-state index in [1.165, 1.54) is 5.56 Å². The van der Waals surface area contributed by atoms with Gasteiger partial charge in [-0.3, -0.25) is 0 Å². The number of hydrogen-bond donors (Lipinski definition) is 1. The van der Waals surface area contributed by atoms with Gasteiger partial charge in [-0.2, -0.15) is 0 Å². The van der Waals surface area contributed by atoms with Crippen LogP contribution in [0.15, 0.2) is 78.9 Å². The Balaban J connectivity index is 1.86. The van der Waals surface area contributed by atoms with E-state index in [2.05, 4.69) is 12.1 Å². The SMILES string of the molecule is OC(CCCc1ccccc1)(c1ccc(Cl)cc1)c1ccc(Cl)cc1. The molecule has 3 aromatic carbocycles. The van der Waals surface area contributed by atoms with Crippen LogP contribution in [0.4, 0.5) is 0 Å². The Morgan fingerprint density at radius 1 is 0.680 bits per heavy atom.